The number of carbonyl (C=O) groups excluding carboxylic acids is 1. The Morgan fingerprint density at radius 1 is 1.00 bits per heavy atom. The van der Waals surface area contributed by atoms with Gasteiger partial charge in [-0.1, -0.05) is 68.8 Å². The molecule has 6 heteroatoms. The zero-order valence-corrected chi connectivity index (χ0v) is 22.5. The molecule has 4 aromatic rings. The second kappa shape index (κ2) is 11.3. The Morgan fingerprint density at radius 3 is 2.53 bits per heavy atom. The summed E-state index contributed by atoms with van der Waals surface area (Å²) in [6.07, 6.45) is 0. The predicted molar refractivity (Wildman–Crippen MR) is 147 cm³/mol. The van der Waals surface area contributed by atoms with E-state index in [1.165, 1.54) is 16.0 Å². The van der Waals surface area contributed by atoms with Gasteiger partial charge in [0.15, 0.2) is 5.76 Å². The summed E-state index contributed by atoms with van der Waals surface area (Å²) >= 11 is 8.13. The highest BCUT2D eigenvalue weighted by atomic mass is 35.5. The topological polar surface area (TPSA) is 51.5 Å². The molecular weight excluding hydrogens is 490 g/mol. The van der Waals surface area contributed by atoms with Crippen molar-refractivity contribution < 1.29 is 13.9 Å². The van der Waals surface area contributed by atoms with Crippen LogP contribution in [0.4, 0.5) is 0 Å². The van der Waals surface area contributed by atoms with Crippen LogP contribution in [0.15, 0.2) is 88.2 Å². The van der Waals surface area contributed by atoms with Gasteiger partial charge in [-0.15, -0.1) is 11.8 Å². The van der Waals surface area contributed by atoms with Crippen molar-refractivity contribution >= 4 is 29.3 Å². The summed E-state index contributed by atoms with van der Waals surface area (Å²) in [5.41, 5.74) is 3.32. The number of nitrogens with one attached hydrogen (secondary N) is 1. The Morgan fingerprint density at radius 2 is 1.78 bits per heavy atom. The minimum absolute atomic E-state index is 0.0899. The molecule has 0 atom stereocenters. The van der Waals surface area contributed by atoms with Crippen LogP contribution in [-0.2, 0) is 17.7 Å². The predicted octanol–water partition coefficient (Wildman–Crippen LogP) is 8.55. The van der Waals surface area contributed by atoms with Gasteiger partial charge in [0.2, 0.25) is 0 Å². The van der Waals surface area contributed by atoms with Crippen LogP contribution in [0.5, 0.6) is 11.5 Å². The number of rotatable bonds is 8. The molecule has 0 unspecified atom stereocenters. The van der Waals surface area contributed by atoms with E-state index in [9.17, 15) is 4.79 Å². The molecule has 0 aliphatic heterocycles. The molecule has 0 bridgehead atoms. The van der Waals surface area contributed by atoms with Crippen LogP contribution < -0.4 is 10.1 Å². The second-order valence-corrected chi connectivity index (χ2v) is 11.0. The molecule has 4 rings (SSSR count). The summed E-state index contributed by atoms with van der Waals surface area (Å²) in [6, 6.07) is 25.0. The van der Waals surface area contributed by atoms with Gasteiger partial charge >= 0.3 is 0 Å². The molecule has 1 aromatic heterocycles. The molecule has 1 N–H and O–H groups in total. The number of carbonyl (C=O) groups is 1. The van der Waals surface area contributed by atoms with E-state index in [0.717, 1.165) is 5.76 Å². The summed E-state index contributed by atoms with van der Waals surface area (Å²) in [5, 5.41) is 3.42. The highest BCUT2D eigenvalue weighted by Gasteiger charge is 2.17. The maximum absolute atomic E-state index is 12.8. The molecule has 0 saturated carbocycles. The summed E-state index contributed by atoms with van der Waals surface area (Å²) in [5.74, 6) is 2.64. The number of hydrogen-bond acceptors (Lipinski definition) is 4. The quantitative estimate of drug-likeness (QED) is 0.237. The number of halogens is 1. The molecule has 0 fully saturated rings. The largest absolute Gasteiger partial charge is 0.457 e. The number of para-hydroxylation sites is 1. The number of amides is 1. The summed E-state index contributed by atoms with van der Waals surface area (Å²) in [7, 11) is 0. The second-order valence-electron chi connectivity index (χ2n) is 9.60. The van der Waals surface area contributed by atoms with Gasteiger partial charge in [0.25, 0.3) is 5.91 Å². The minimum Gasteiger partial charge on any atom is -0.457 e. The lowest BCUT2D eigenvalue weighted by molar-refractivity contribution is 0.0921. The van der Waals surface area contributed by atoms with Crippen LogP contribution in [0.25, 0.3) is 0 Å². The zero-order chi connectivity index (χ0) is 25.7. The third-order valence-electron chi connectivity index (χ3n) is 5.78. The first kappa shape index (κ1) is 25.9. The highest BCUT2D eigenvalue weighted by molar-refractivity contribution is 7.98. The Kier molecular flexibility index (Phi) is 8.12. The summed E-state index contributed by atoms with van der Waals surface area (Å²) in [6.45, 7) is 8.96. The van der Waals surface area contributed by atoms with Crippen molar-refractivity contribution in [2.75, 3.05) is 0 Å². The van der Waals surface area contributed by atoms with E-state index in [-0.39, 0.29) is 23.6 Å². The van der Waals surface area contributed by atoms with Gasteiger partial charge < -0.3 is 14.5 Å². The third kappa shape index (κ3) is 6.54. The molecule has 0 spiro atoms. The molecule has 0 aliphatic carbocycles. The van der Waals surface area contributed by atoms with Gasteiger partial charge in [0.1, 0.15) is 17.3 Å². The maximum Gasteiger partial charge on any atom is 0.287 e. The van der Waals surface area contributed by atoms with Crippen molar-refractivity contribution in [3.63, 3.8) is 0 Å². The van der Waals surface area contributed by atoms with Gasteiger partial charge in [-0.25, -0.2) is 0 Å². The van der Waals surface area contributed by atoms with E-state index >= 15 is 0 Å². The molecule has 3 aromatic carbocycles. The Bertz CT molecular complexity index is 1340. The monoisotopic (exact) mass is 519 g/mol. The van der Waals surface area contributed by atoms with Crippen LogP contribution in [0.3, 0.4) is 0 Å². The van der Waals surface area contributed by atoms with Crippen molar-refractivity contribution in [1.29, 1.82) is 0 Å². The molecule has 0 saturated heterocycles. The van der Waals surface area contributed by atoms with Crippen molar-refractivity contribution in [1.82, 2.24) is 5.32 Å². The van der Waals surface area contributed by atoms with E-state index < -0.39 is 0 Å². The lowest BCUT2D eigenvalue weighted by Crippen LogP contribution is -2.22. The Labute approximate surface area is 222 Å². The lowest BCUT2D eigenvalue weighted by atomic mass is 9.87. The van der Waals surface area contributed by atoms with Gasteiger partial charge in [0, 0.05) is 22.0 Å². The van der Waals surface area contributed by atoms with Gasteiger partial charge in [0.05, 0.1) is 5.75 Å². The summed E-state index contributed by atoms with van der Waals surface area (Å²) in [4.78, 5) is 14.0. The average Bonchev–Trinajstić information content (AvgIpc) is 3.32. The van der Waals surface area contributed by atoms with Crippen LogP contribution in [0.2, 0.25) is 5.02 Å². The van der Waals surface area contributed by atoms with Crippen molar-refractivity contribution in [2.24, 2.45) is 0 Å². The number of hydrogen-bond donors (Lipinski definition) is 1. The normalized spacial score (nSPS) is 11.4. The van der Waals surface area contributed by atoms with Crippen LogP contribution >= 0.6 is 23.4 Å². The van der Waals surface area contributed by atoms with E-state index in [1.54, 1.807) is 23.9 Å². The fourth-order valence-electron chi connectivity index (χ4n) is 3.63. The number of thioether (sulfide) groups is 1. The number of aryl methyl sites for hydroxylation is 1. The molecule has 36 heavy (non-hydrogen) atoms. The smallest absolute Gasteiger partial charge is 0.287 e. The number of ether oxygens (including phenoxy) is 1. The number of furan rings is 1. The fraction of sp³-hybridized carbons (Fsp3) is 0.233. The average molecular weight is 520 g/mol. The molecule has 4 nitrogen and oxygen atoms in total. The number of benzene rings is 3. The summed E-state index contributed by atoms with van der Waals surface area (Å²) < 4.78 is 11.8. The first-order chi connectivity index (χ1) is 17.2. The van der Waals surface area contributed by atoms with Crippen molar-refractivity contribution in [3.8, 4) is 11.5 Å². The molecule has 0 aliphatic rings. The van der Waals surface area contributed by atoms with Crippen LogP contribution in [0, 0.1) is 6.92 Å². The molecule has 186 valence electrons. The van der Waals surface area contributed by atoms with E-state index in [1.807, 2.05) is 48.5 Å². The lowest BCUT2D eigenvalue weighted by Gasteiger charge is -2.20. The van der Waals surface area contributed by atoms with E-state index in [4.69, 9.17) is 20.8 Å². The van der Waals surface area contributed by atoms with Gasteiger partial charge in [-0.2, -0.15) is 0 Å². The molecular formula is C30H30ClNO3S. The highest BCUT2D eigenvalue weighted by Crippen LogP contribution is 2.32. The van der Waals surface area contributed by atoms with E-state index in [0.29, 0.717) is 27.8 Å². The first-order valence-electron chi connectivity index (χ1n) is 11.8. The minimum atomic E-state index is -0.303. The van der Waals surface area contributed by atoms with E-state index in [2.05, 4.69) is 51.2 Å². The van der Waals surface area contributed by atoms with Crippen LogP contribution in [-0.4, -0.2) is 5.91 Å². The van der Waals surface area contributed by atoms with Crippen LogP contribution in [0.1, 0.15) is 53.8 Å². The third-order valence-corrected chi connectivity index (χ3v) is 7.32. The van der Waals surface area contributed by atoms with Crippen molar-refractivity contribution in [3.05, 3.63) is 112 Å². The maximum atomic E-state index is 12.8. The Balaban J connectivity index is 1.39. The Hall–Kier alpha value is -3.15. The SMILES string of the molecule is Cc1ccc(C(C)(C)C)cc1SCc1ccc(C(=O)NCc2c(Cl)cccc2Oc2ccccc2)o1. The molecule has 1 amide bonds. The standard InChI is InChI=1S/C30H30ClNO3S/c1-20-13-14-21(30(2,3)4)17-28(20)36-19-23-15-16-27(35-23)29(33)32-18-24-25(31)11-8-12-26(24)34-22-9-6-5-7-10-22/h5-17H,18-19H2,1-4H3,(H,32,33). The van der Waals surface area contributed by atoms with Gasteiger partial charge in [-0.3, -0.25) is 4.79 Å². The fourth-order valence-corrected chi connectivity index (χ4v) is 4.82. The van der Waals surface area contributed by atoms with Gasteiger partial charge in [-0.05, 0) is 65.9 Å². The molecule has 0 radical (unpaired) electrons. The molecule has 1 heterocycles. The zero-order valence-electron chi connectivity index (χ0n) is 20.9. The van der Waals surface area contributed by atoms with Crippen molar-refractivity contribution in [2.45, 2.75) is 50.3 Å². The first-order valence-corrected chi connectivity index (χ1v) is 13.2.